The molecule has 0 aliphatic heterocycles. The first-order chi connectivity index (χ1) is 9.53. The minimum Gasteiger partial charge on any atom is -0.316 e. The molecule has 0 fully saturated rings. The molecule has 4 nitrogen and oxygen atoms in total. The van der Waals surface area contributed by atoms with Gasteiger partial charge in [-0.05, 0) is 30.1 Å². The summed E-state index contributed by atoms with van der Waals surface area (Å²) in [6, 6.07) is 7.71. The molecule has 0 aliphatic carbocycles. The van der Waals surface area contributed by atoms with Crippen LogP contribution in [0.3, 0.4) is 0 Å². The average molecular weight is 314 g/mol. The van der Waals surface area contributed by atoms with Crippen LogP contribution in [-0.2, 0) is 23.1 Å². The molecule has 0 bridgehead atoms. The summed E-state index contributed by atoms with van der Waals surface area (Å²) in [6.07, 6.45) is 0. The van der Waals surface area contributed by atoms with Crippen LogP contribution in [0.15, 0.2) is 39.9 Å². The summed E-state index contributed by atoms with van der Waals surface area (Å²) >= 11 is 1.15. The summed E-state index contributed by atoms with van der Waals surface area (Å²) in [6.45, 7) is 0.549. The van der Waals surface area contributed by atoms with Crippen molar-refractivity contribution in [1.29, 1.82) is 0 Å². The van der Waals surface area contributed by atoms with Crippen LogP contribution < -0.4 is 10.0 Å². The summed E-state index contributed by atoms with van der Waals surface area (Å²) < 4.78 is 40.3. The van der Waals surface area contributed by atoms with Crippen LogP contribution in [-0.4, -0.2) is 15.5 Å². The lowest BCUT2D eigenvalue weighted by atomic mass is 10.2. The maximum Gasteiger partial charge on any atom is 0.250 e. The predicted octanol–water partition coefficient (Wildman–Crippen LogP) is 2.09. The summed E-state index contributed by atoms with van der Waals surface area (Å²) in [7, 11) is -1.80. The summed E-state index contributed by atoms with van der Waals surface area (Å²) in [5, 5.41) is 4.74. The predicted molar refractivity (Wildman–Crippen MR) is 77.5 cm³/mol. The molecule has 2 aromatic rings. The molecule has 1 heterocycles. The Morgan fingerprint density at radius 2 is 2.00 bits per heavy atom. The second kappa shape index (κ2) is 6.45. The molecule has 2 N–H and O–H groups in total. The molecule has 0 saturated heterocycles. The molecule has 20 heavy (non-hydrogen) atoms. The molecule has 1 aromatic heterocycles. The van der Waals surface area contributed by atoms with Gasteiger partial charge in [0.15, 0.2) is 0 Å². The van der Waals surface area contributed by atoms with Gasteiger partial charge in [0, 0.05) is 18.7 Å². The van der Waals surface area contributed by atoms with Gasteiger partial charge >= 0.3 is 0 Å². The van der Waals surface area contributed by atoms with Crippen molar-refractivity contribution in [1.82, 2.24) is 10.0 Å². The zero-order valence-corrected chi connectivity index (χ0v) is 12.5. The van der Waals surface area contributed by atoms with Gasteiger partial charge in [-0.2, -0.15) is 0 Å². The largest absolute Gasteiger partial charge is 0.316 e. The van der Waals surface area contributed by atoms with Gasteiger partial charge in [-0.3, -0.25) is 0 Å². The number of rotatable bonds is 6. The van der Waals surface area contributed by atoms with Crippen molar-refractivity contribution < 1.29 is 12.8 Å². The van der Waals surface area contributed by atoms with Crippen molar-refractivity contribution in [2.45, 2.75) is 17.3 Å². The Morgan fingerprint density at radius 3 is 2.70 bits per heavy atom. The first-order valence-corrected chi connectivity index (χ1v) is 8.34. The quantitative estimate of drug-likeness (QED) is 0.858. The Bertz CT molecular complexity index is 683. The molecule has 1 aromatic carbocycles. The van der Waals surface area contributed by atoms with E-state index >= 15 is 0 Å². The van der Waals surface area contributed by atoms with E-state index in [9.17, 15) is 12.8 Å². The zero-order valence-electron chi connectivity index (χ0n) is 10.9. The number of thiophene rings is 1. The van der Waals surface area contributed by atoms with Gasteiger partial charge in [0.2, 0.25) is 10.0 Å². The van der Waals surface area contributed by atoms with Gasteiger partial charge in [0.05, 0.1) is 0 Å². The van der Waals surface area contributed by atoms with Gasteiger partial charge in [-0.15, -0.1) is 11.3 Å². The zero-order chi connectivity index (χ0) is 14.6. The van der Waals surface area contributed by atoms with Crippen molar-refractivity contribution in [3.8, 4) is 0 Å². The van der Waals surface area contributed by atoms with Crippen LogP contribution >= 0.6 is 11.3 Å². The lowest BCUT2D eigenvalue weighted by Crippen LogP contribution is -2.23. The topological polar surface area (TPSA) is 58.2 Å². The molecule has 2 rings (SSSR count). The van der Waals surface area contributed by atoms with Crippen LogP contribution in [0.4, 0.5) is 4.39 Å². The fraction of sp³-hybridized carbons (Fsp3) is 0.231. The van der Waals surface area contributed by atoms with Crippen LogP contribution in [0, 0.1) is 5.82 Å². The van der Waals surface area contributed by atoms with E-state index in [0.29, 0.717) is 12.1 Å². The lowest BCUT2D eigenvalue weighted by Gasteiger charge is -2.05. The molecule has 0 aliphatic rings. The van der Waals surface area contributed by atoms with Crippen molar-refractivity contribution >= 4 is 21.4 Å². The third-order valence-corrected chi connectivity index (χ3v) is 5.58. The van der Waals surface area contributed by atoms with E-state index in [1.54, 1.807) is 36.7 Å². The average Bonchev–Trinajstić information content (AvgIpc) is 2.88. The molecular weight excluding hydrogens is 299 g/mol. The van der Waals surface area contributed by atoms with Crippen molar-refractivity contribution in [3.63, 3.8) is 0 Å². The smallest absolute Gasteiger partial charge is 0.250 e. The van der Waals surface area contributed by atoms with Gasteiger partial charge in [0.25, 0.3) is 0 Å². The Labute approximate surface area is 121 Å². The SMILES string of the molecule is CNCc1csc(S(=O)(=O)NCc2ccccc2F)c1. The standard InChI is InChI=1S/C13H15FN2O2S2/c1-15-7-10-6-13(19-9-10)20(17,18)16-8-11-4-2-3-5-12(11)14/h2-6,9,15-16H,7-8H2,1H3. The van der Waals surface area contributed by atoms with Crippen LogP contribution in [0.5, 0.6) is 0 Å². The summed E-state index contributed by atoms with van der Waals surface area (Å²) in [5.74, 6) is -0.419. The first-order valence-electron chi connectivity index (χ1n) is 5.98. The number of benzene rings is 1. The summed E-state index contributed by atoms with van der Waals surface area (Å²) in [4.78, 5) is 0. The van der Waals surface area contributed by atoms with Crippen molar-refractivity contribution in [3.05, 3.63) is 52.7 Å². The highest BCUT2D eigenvalue weighted by Gasteiger charge is 2.17. The number of hydrogen-bond donors (Lipinski definition) is 2. The highest BCUT2D eigenvalue weighted by molar-refractivity contribution is 7.91. The minimum absolute atomic E-state index is 0.0612. The fourth-order valence-electron chi connectivity index (χ4n) is 1.68. The second-order valence-electron chi connectivity index (χ2n) is 4.22. The minimum atomic E-state index is -3.60. The van der Waals surface area contributed by atoms with Gasteiger partial charge in [-0.25, -0.2) is 17.5 Å². The van der Waals surface area contributed by atoms with Crippen LogP contribution in [0.1, 0.15) is 11.1 Å². The van der Waals surface area contributed by atoms with E-state index in [4.69, 9.17) is 0 Å². The molecule has 0 spiro atoms. The second-order valence-corrected chi connectivity index (χ2v) is 7.13. The van der Waals surface area contributed by atoms with E-state index in [-0.39, 0.29) is 10.8 Å². The van der Waals surface area contributed by atoms with Crippen LogP contribution in [0.25, 0.3) is 0 Å². The van der Waals surface area contributed by atoms with E-state index in [1.165, 1.54) is 6.07 Å². The highest BCUT2D eigenvalue weighted by atomic mass is 32.2. The molecule has 0 unspecified atom stereocenters. The molecule has 0 amide bonds. The van der Waals surface area contributed by atoms with E-state index in [0.717, 1.165) is 16.9 Å². The monoisotopic (exact) mass is 314 g/mol. The van der Waals surface area contributed by atoms with Gasteiger partial charge < -0.3 is 5.32 Å². The Hall–Kier alpha value is -1.28. The van der Waals surface area contributed by atoms with E-state index < -0.39 is 15.8 Å². The third kappa shape index (κ3) is 3.63. The fourth-order valence-corrected chi connectivity index (χ4v) is 3.94. The maximum absolute atomic E-state index is 13.4. The Kier molecular flexibility index (Phi) is 4.87. The van der Waals surface area contributed by atoms with E-state index in [1.807, 2.05) is 0 Å². The molecular formula is C13H15FN2O2S2. The molecule has 7 heteroatoms. The Morgan fingerprint density at radius 1 is 1.25 bits per heavy atom. The summed E-state index contributed by atoms with van der Waals surface area (Å²) in [5.41, 5.74) is 1.23. The van der Waals surface area contributed by atoms with Crippen molar-refractivity contribution in [2.75, 3.05) is 7.05 Å². The third-order valence-electron chi connectivity index (χ3n) is 2.69. The first kappa shape index (κ1) is 15.1. The molecule has 108 valence electrons. The normalized spacial score (nSPS) is 11.7. The van der Waals surface area contributed by atoms with E-state index in [2.05, 4.69) is 10.0 Å². The van der Waals surface area contributed by atoms with Crippen molar-refractivity contribution in [2.24, 2.45) is 0 Å². The maximum atomic E-state index is 13.4. The Balaban J connectivity index is 2.09. The molecule has 0 atom stereocenters. The number of hydrogen-bond acceptors (Lipinski definition) is 4. The van der Waals surface area contributed by atoms with Crippen LogP contribution in [0.2, 0.25) is 0 Å². The highest BCUT2D eigenvalue weighted by Crippen LogP contribution is 2.20. The van der Waals surface area contributed by atoms with Gasteiger partial charge in [0.1, 0.15) is 10.0 Å². The van der Waals surface area contributed by atoms with Gasteiger partial charge in [-0.1, -0.05) is 18.2 Å². The molecule has 0 saturated carbocycles. The molecule has 0 radical (unpaired) electrons. The lowest BCUT2D eigenvalue weighted by molar-refractivity contribution is 0.576. The number of nitrogens with one attached hydrogen (secondary N) is 2. The number of sulfonamides is 1. The number of halogens is 1.